The Balaban J connectivity index is 1.60. The molecule has 0 aliphatic carbocycles. The van der Waals surface area contributed by atoms with Gasteiger partial charge in [-0.2, -0.15) is 0 Å². The molecule has 6 heteroatoms. The minimum absolute atomic E-state index is 0.0103. The third-order valence-corrected chi connectivity index (χ3v) is 4.68. The van der Waals surface area contributed by atoms with Gasteiger partial charge in [0.15, 0.2) is 0 Å². The summed E-state index contributed by atoms with van der Waals surface area (Å²) in [5.74, 6) is 0. The maximum absolute atomic E-state index is 10.3. The van der Waals surface area contributed by atoms with Crippen molar-refractivity contribution in [2.45, 2.75) is 12.2 Å². The molecular weight excluding hydrogens is 308 g/mol. The van der Waals surface area contributed by atoms with Gasteiger partial charge >= 0.3 is 0 Å². The summed E-state index contributed by atoms with van der Waals surface area (Å²) in [4.78, 5) is 6.53. The minimum atomic E-state index is -0.516. The Bertz CT molecular complexity index is 562. The molecule has 1 saturated heterocycles. The predicted molar refractivity (Wildman–Crippen MR) is 83.7 cm³/mol. The summed E-state index contributed by atoms with van der Waals surface area (Å²) in [6.07, 6.45) is 1.29. The number of hydrogen-bond donors (Lipinski definition) is 1. The van der Waals surface area contributed by atoms with Gasteiger partial charge in [0.25, 0.3) is 0 Å². The maximum Gasteiger partial charge on any atom is 0.123 e. The second kappa shape index (κ2) is 6.85. The normalized spacial score (nSPS) is 21.3. The molecule has 112 valence electrons. The lowest BCUT2D eigenvalue weighted by atomic mass is 10.1. The fourth-order valence-corrected chi connectivity index (χ4v) is 3.25. The fraction of sp³-hybridized carbons (Fsp3) is 0.400. The Morgan fingerprint density at radius 3 is 2.95 bits per heavy atom. The topological polar surface area (TPSA) is 45.6 Å². The first-order chi connectivity index (χ1) is 10.2. The molecule has 2 atom stereocenters. The van der Waals surface area contributed by atoms with E-state index in [1.54, 1.807) is 29.7 Å². The van der Waals surface area contributed by atoms with E-state index in [0.29, 0.717) is 18.2 Å². The number of β-amino-alcohol motifs (C(OH)–C–C–N with tert-alkyl or cyclic N) is 1. The van der Waals surface area contributed by atoms with Gasteiger partial charge in [-0.25, -0.2) is 4.98 Å². The standard InChI is InChI=1S/C15H17ClN2O2S/c16-12-3-1-11(2-4-12)13(19)9-18-6-7-20-14(10-18)15-17-5-8-21-15/h1-5,8,13-14,19H,6-7,9-10H2/t13-,14+/m1/s1. The van der Waals surface area contributed by atoms with Crippen LogP contribution in [0.25, 0.3) is 0 Å². The number of halogens is 1. The number of aliphatic hydroxyl groups is 1. The van der Waals surface area contributed by atoms with Crippen molar-refractivity contribution < 1.29 is 9.84 Å². The van der Waals surface area contributed by atoms with Crippen LogP contribution in [0.5, 0.6) is 0 Å². The molecule has 0 unspecified atom stereocenters. The Morgan fingerprint density at radius 1 is 1.43 bits per heavy atom. The molecule has 4 nitrogen and oxygen atoms in total. The lowest BCUT2D eigenvalue weighted by Crippen LogP contribution is -2.40. The Morgan fingerprint density at radius 2 is 2.24 bits per heavy atom. The van der Waals surface area contributed by atoms with Crippen molar-refractivity contribution in [3.8, 4) is 0 Å². The van der Waals surface area contributed by atoms with E-state index >= 15 is 0 Å². The molecule has 0 bridgehead atoms. The Hall–Kier alpha value is -0.980. The molecule has 2 aromatic rings. The summed E-state index contributed by atoms with van der Waals surface area (Å²) < 4.78 is 5.76. The van der Waals surface area contributed by atoms with E-state index < -0.39 is 6.10 Å². The molecule has 0 spiro atoms. The highest BCUT2D eigenvalue weighted by Gasteiger charge is 2.25. The molecule has 1 aliphatic rings. The molecule has 0 saturated carbocycles. The van der Waals surface area contributed by atoms with Gasteiger partial charge in [0.05, 0.1) is 12.7 Å². The van der Waals surface area contributed by atoms with Crippen molar-refractivity contribution >= 4 is 22.9 Å². The van der Waals surface area contributed by atoms with E-state index in [4.69, 9.17) is 16.3 Å². The van der Waals surface area contributed by atoms with Crippen LogP contribution in [-0.4, -0.2) is 41.2 Å². The van der Waals surface area contributed by atoms with Gasteiger partial charge in [0.1, 0.15) is 11.1 Å². The van der Waals surface area contributed by atoms with Crippen LogP contribution < -0.4 is 0 Å². The molecule has 0 radical (unpaired) electrons. The molecule has 1 N–H and O–H groups in total. The van der Waals surface area contributed by atoms with E-state index in [1.165, 1.54) is 0 Å². The third kappa shape index (κ3) is 3.81. The lowest BCUT2D eigenvalue weighted by molar-refractivity contribution is -0.0424. The summed E-state index contributed by atoms with van der Waals surface area (Å²) in [6.45, 7) is 2.84. The van der Waals surface area contributed by atoms with E-state index in [2.05, 4.69) is 9.88 Å². The quantitative estimate of drug-likeness (QED) is 0.939. The maximum atomic E-state index is 10.3. The summed E-state index contributed by atoms with van der Waals surface area (Å²) in [5, 5.41) is 14.0. The van der Waals surface area contributed by atoms with Gasteiger partial charge in [0.2, 0.25) is 0 Å². The van der Waals surface area contributed by atoms with E-state index in [1.807, 2.05) is 17.5 Å². The zero-order valence-electron chi connectivity index (χ0n) is 11.5. The van der Waals surface area contributed by atoms with Gasteiger partial charge in [-0.05, 0) is 17.7 Å². The van der Waals surface area contributed by atoms with E-state index in [9.17, 15) is 5.11 Å². The van der Waals surface area contributed by atoms with Crippen LogP contribution in [0.15, 0.2) is 35.8 Å². The Labute approximate surface area is 133 Å². The first-order valence-corrected chi connectivity index (χ1v) is 8.15. The number of nitrogens with zero attached hydrogens (tertiary/aromatic N) is 2. The number of rotatable bonds is 4. The predicted octanol–water partition coefficient (Wildman–Crippen LogP) is 2.90. The number of morpholine rings is 1. The van der Waals surface area contributed by atoms with Crippen molar-refractivity contribution in [3.63, 3.8) is 0 Å². The first kappa shape index (κ1) is 14.9. The van der Waals surface area contributed by atoms with Crippen LogP contribution in [0.3, 0.4) is 0 Å². The molecule has 21 heavy (non-hydrogen) atoms. The van der Waals surface area contributed by atoms with Crippen LogP contribution in [-0.2, 0) is 4.74 Å². The van der Waals surface area contributed by atoms with Crippen LogP contribution in [0.4, 0.5) is 0 Å². The molecule has 1 aromatic heterocycles. The Kier molecular flexibility index (Phi) is 4.87. The lowest BCUT2D eigenvalue weighted by Gasteiger charge is -2.33. The largest absolute Gasteiger partial charge is 0.387 e. The van der Waals surface area contributed by atoms with Gasteiger partial charge in [-0.1, -0.05) is 23.7 Å². The smallest absolute Gasteiger partial charge is 0.123 e. The molecule has 3 rings (SSSR count). The second-order valence-electron chi connectivity index (χ2n) is 5.06. The van der Waals surface area contributed by atoms with Gasteiger partial charge in [-0.3, -0.25) is 4.90 Å². The van der Waals surface area contributed by atoms with Crippen molar-refractivity contribution in [3.05, 3.63) is 51.4 Å². The van der Waals surface area contributed by atoms with Crippen molar-refractivity contribution in [1.29, 1.82) is 0 Å². The SMILES string of the molecule is O[C@H](CN1CCO[C@H](c2nccs2)C1)c1ccc(Cl)cc1. The molecule has 1 fully saturated rings. The van der Waals surface area contributed by atoms with Crippen molar-refractivity contribution in [2.24, 2.45) is 0 Å². The highest BCUT2D eigenvalue weighted by atomic mass is 35.5. The van der Waals surface area contributed by atoms with E-state index in [0.717, 1.165) is 23.7 Å². The van der Waals surface area contributed by atoms with Gasteiger partial charge < -0.3 is 9.84 Å². The van der Waals surface area contributed by atoms with Gasteiger partial charge in [-0.15, -0.1) is 11.3 Å². The molecule has 1 aromatic carbocycles. The summed E-state index contributed by atoms with van der Waals surface area (Å²) in [5.41, 5.74) is 0.886. The van der Waals surface area contributed by atoms with Crippen LogP contribution >= 0.6 is 22.9 Å². The summed E-state index contributed by atoms with van der Waals surface area (Å²) in [6, 6.07) is 7.34. The van der Waals surface area contributed by atoms with Crippen LogP contribution in [0.1, 0.15) is 22.8 Å². The number of hydrogen-bond acceptors (Lipinski definition) is 5. The monoisotopic (exact) mass is 324 g/mol. The third-order valence-electron chi connectivity index (χ3n) is 3.56. The average Bonchev–Trinajstić information content (AvgIpc) is 3.02. The summed E-state index contributed by atoms with van der Waals surface area (Å²) >= 11 is 7.48. The average molecular weight is 325 g/mol. The van der Waals surface area contributed by atoms with Gasteiger partial charge in [0, 0.05) is 36.2 Å². The zero-order valence-corrected chi connectivity index (χ0v) is 13.1. The van der Waals surface area contributed by atoms with Crippen LogP contribution in [0, 0.1) is 0 Å². The highest BCUT2D eigenvalue weighted by Crippen LogP contribution is 2.25. The minimum Gasteiger partial charge on any atom is -0.387 e. The molecular formula is C15H17ClN2O2S. The molecule has 2 heterocycles. The summed E-state index contributed by atoms with van der Waals surface area (Å²) in [7, 11) is 0. The number of ether oxygens (including phenoxy) is 1. The van der Waals surface area contributed by atoms with Crippen molar-refractivity contribution in [2.75, 3.05) is 26.2 Å². The first-order valence-electron chi connectivity index (χ1n) is 6.89. The van der Waals surface area contributed by atoms with Crippen molar-refractivity contribution in [1.82, 2.24) is 9.88 Å². The zero-order chi connectivity index (χ0) is 14.7. The number of thiazole rings is 1. The van der Waals surface area contributed by atoms with E-state index in [-0.39, 0.29) is 6.10 Å². The number of benzene rings is 1. The highest BCUT2D eigenvalue weighted by molar-refractivity contribution is 7.09. The number of aliphatic hydroxyl groups excluding tert-OH is 1. The molecule has 1 aliphatic heterocycles. The number of aromatic nitrogens is 1. The molecule has 0 amide bonds. The van der Waals surface area contributed by atoms with Crippen LogP contribution in [0.2, 0.25) is 5.02 Å². The second-order valence-corrected chi connectivity index (χ2v) is 6.42. The fourth-order valence-electron chi connectivity index (χ4n) is 2.45.